The van der Waals surface area contributed by atoms with E-state index in [4.69, 9.17) is 9.88 Å². The molecular weight excluding hydrogens is 270 g/mol. The van der Waals surface area contributed by atoms with Crippen LogP contribution in [-0.4, -0.2) is 75.3 Å². The lowest BCUT2D eigenvalue weighted by molar-refractivity contribution is -0.127. The van der Waals surface area contributed by atoms with Gasteiger partial charge in [0.2, 0.25) is 15.9 Å². The van der Waals surface area contributed by atoms with Crippen molar-refractivity contribution in [3.63, 3.8) is 0 Å². The minimum Gasteiger partial charge on any atom is -0.379 e. The van der Waals surface area contributed by atoms with Crippen molar-refractivity contribution in [1.29, 1.82) is 0 Å². The van der Waals surface area contributed by atoms with Crippen molar-refractivity contribution in [2.75, 3.05) is 45.9 Å². The van der Waals surface area contributed by atoms with Crippen LogP contribution < -0.4 is 5.14 Å². The molecule has 19 heavy (non-hydrogen) atoms. The summed E-state index contributed by atoms with van der Waals surface area (Å²) < 4.78 is 27.7. The zero-order chi connectivity index (χ0) is 13.9. The van der Waals surface area contributed by atoms with Gasteiger partial charge in [-0.25, -0.2) is 13.6 Å². The van der Waals surface area contributed by atoms with Crippen LogP contribution >= 0.6 is 0 Å². The van der Waals surface area contributed by atoms with E-state index in [9.17, 15) is 13.2 Å². The molecule has 2 N–H and O–H groups in total. The number of hydrogen-bond donors (Lipinski definition) is 1. The molecule has 2 aliphatic rings. The predicted molar refractivity (Wildman–Crippen MR) is 70.0 cm³/mol. The number of nitrogens with two attached hydrogens (primary N) is 1. The summed E-state index contributed by atoms with van der Waals surface area (Å²) in [5.74, 6) is -0.110. The summed E-state index contributed by atoms with van der Waals surface area (Å²) in [7, 11) is -3.60. The summed E-state index contributed by atoms with van der Waals surface area (Å²) in [5.41, 5.74) is 0. The number of morpholine rings is 1. The van der Waals surface area contributed by atoms with Crippen LogP contribution in [-0.2, 0) is 19.6 Å². The van der Waals surface area contributed by atoms with Gasteiger partial charge < -0.3 is 9.64 Å². The number of hydrogen-bond acceptors (Lipinski definition) is 5. The third-order valence-corrected chi connectivity index (χ3v) is 4.89. The Kier molecular flexibility index (Phi) is 4.77. The Morgan fingerprint density at radius 2 is 1.95 bits per heavy atom. The largest absolute Gasteiger partial charge is 0.379 e. The van der Waals surface area contributed by atoms with Crippen molar-refractivity contribution in [1.82, 2.24) is 9.80 Å². The average Bonchev–Trinajstić information content (AvgIpc) is 2.72. The van der Waals surface area contributed by atoms with Gasteiger partial charge in [0.25, 0.3) is 0 Å². The second kappa shape index (κ2) is 6.17. The summed E-state index contributed by atoms with van der Waals surface area (Å²) in [6.07, 6.45) is 0.874. The van der Waals surface area contributed by atoms with Crippen molar-refractivity contribution >= 4 is 15.9 Å². The first-order valence-corrected chi connectivity index (χ1v) is 8.17. The summed E-state index contributed by atoms with van der Waals surface area (Å²) in [4.78, 5) is 15.6. The van der Waals surface area contributed by atoms with Gasteiger partial charge in [-0.05, 0) is 6.42 Å². The van der Waals surface area contributed by atoms with Crippen LogP contribution in [0.3, 0.4) is 0 Å². The van der Waals surface area contributed by atoms with Crippen molar-refractivity contribution < 1.29 is 17.9 Å². The Morgan fingerprint density at radius 3 is 2.53 bits per heavy atom. The summed E-state index contributed by atoms with van der Waals surface area (Å²) in [6, 6.07) is 0. The topological polar surface area (TPSA) is 92.9 Å². The van der Waals surface area contributed by atoms with Gasteiger partial charge >= 0.3 is 0 Å². The Bertz CT molecular complexity index is 420. The highest BCUT2D eigenvalue weighted by molar-refractivity contribution is 7.89. The first-order chi connectivity index (χ1) is 8.97. The maximum absolute atomic E-state index is 11.7. The Balaban J connectivity index is 1.73. The highest BCUT2D eigenvalue weighted by Gasteiger charge is 2.35. The molecule has 7 nitrogen and oxygen atoms in total. The van der Waals surface area contributed by atoms with Crippen LogP contribution in [0.2, 0.25) is 0 Å². The third kappa shape index (κ3) is 4.13. The van der Waals surface area contributed by atoms with Gasteiger partial charge in [-0.1, -0.05) is 0 Å². The molecule has 110 valence electrons. The highest BCUT2D eigenvalue weighted by Crippen LogP contribution is 2.16. The first-order valence-electron chi connectivity index (χ1n) is 6.56. The summed E-state index contributed by atoms with van der Waals surface area (Å²) >= 11 is 0. The minimum absolute atomic E-state index is 0.0242. The van der Waals surface area contributed by atoms with E-state index in [1.165, 1.54) is 0 Å². The van der Waals surface area contributed by atoms with Crippen LogP contribution in [0.15, 0.2) is 0 Å². The number of rotatable bonds is 5. The van der Waals surface area contributed by atoms with Crippen molar-refractivity contribution in [3.8, 4) is 0 Å². The molecular formula is C11H21N3O4S. The van der Waals surface area contributed by atoms with Crippen LogP contribution in [0.1, 0.15) is 12.8 Å². The van der Waals surface area contributed by atoms with Crippen molar-refractivity contribution in [2.24, 2.45) is 5.14 Å². The number of likely N-dealkylation sites (tertiary alicyclic amines) is 1. The molecule has 1 amide bonds. The van der Waals surface area contributed by atoms with Gasteiger partial charge in [-0.3, -0.25) is 9.69 Å². The van der Waals surface area contributed by atoms with E-state index in [2.05, 4.69) is 4.90 Å². The number of carbonyl (C=O) groups is 1. The van der Waals surface area contributed by atoms with E-state index in [1.807, 2.05) is 0 Å². The first kappa shape index (κ1) is 14.7. The molecule has 1 unspecified atom stereocenters. The van der Waals surface area contributed by atoms with Gasteiger partial charge in [0.15, 0.2) is 0 Å². The normalized spacial score (nSPS) is 26.1. The smallest absolute Gasteiger partial charge is 0.224 e. The average molecular weight is 291 g/mol. The molecule has 0 radical (unpaired) electrons. The molecule has 2 saturated heterocycles. The van der Waals surface area contributed by atoms with E-state index >= 15 is 0 Å². The van der Waals surface area contributed by atoms with Crippen LogP contribution in [0, 0.1) is 0 Å². The Hall–Kier alpha value is -0.700. The molecule has 0 spiro atoms. The monoisotopic (exact) mass is 291 g/mol. The van der Waals surface area contributed by atoms with Gasteiger partial charge in [0, 0.05) is 39.1 Å². The van der Waals surface area contributed by atoms with E-state index in [0.717, 1.165) is 39.3 Å². The fourth-order valence-electron chi connectivity index (χ4n) is 2.48. The van der Waals surface area contributed by atoms with Gasteiger partial charge in [-0.15, -0.1) is 0 Å². The fraction of sp³-hybridized carbons (Fsp3) is 0.909. The Morgan fingerprint density at radius 1 is 1.26 bits per heavy atom. The molecule has 1 atom stereocenters. The maximum Gasteiger partial charge on any atom is 0.224 e. The number of primary sulfonamides is 1. The second-order valence-corrected chi connectivity index (χ2v) is 6.91. The molecule has 0 saturated carbocycles. The van der Waals surface area contributed by atoms with Crippen LogP contribution in [0.25, 0.3) is 0 Å². The molecule has 0 aromatic rings. The summed E-state index contributed by atoms with van der Waals surface area (Å²) in [5, 5.41) is 4.35. The lowest BCUT2D eigenvalue weighted by atomic mass is 10.3. The molecule has 0 bridgehead atoms. The predicted octanol–water partition coefficient (Wildman–Crippen LogP) is -1.40. The number of sulfonamides is 1. The van der Waals surface area contributed by atoms with Gasteiger partial charge in [0.05, 0.1) is 13.2 Å². The zero-order valence-electron chi connectivity index (χ0n) is 11.0. The molecule has 2 fully saturated rings. The number of ether oxygens (including phenoxy) is 1. The number of nitrogens with zero attached hydrogens (tertiary/aromatic N) is 2. The summed E-state index contributed by atoms with van der Waals surface area (Å²) in [6.45, 7) is 5.12. The minimum atomic E-state index is -3.60. The molecule has 2 aliphatic heterocycles. The third-order valence-electron chi connectivity index (χ3n) is 3.65. The van der Waals surface area contributed by atoms with Crippen molar-refractivity contribution in [3.05, 3.63) is 0 Å². The zero-order valence-corrected chi connectivity index (χ0v) is 11.8. The van der Waals surface area contributed by atoms with Gasteiger partial charge in [-0.2, -0.15) is 0 Å². The highest BCUT2D eigenvalue weighted by atomic mass is 32.2. The van der Waals surface area contributed by atoms with E-state index in [-0.39, 0.29) is 18.9 Å². The van der Waals surface area contributed by atoms with E-state index in [1.54, 1.807) is 4.90 Å². The fourth-order valence-corrected chi connectivity index (χ4v) is 3.24. The quantitative estimate of drug-likeness (QED) is 0.672. The molecule has 2 heterocycles. The SMILES string of the molecule is NS(=O)(=O)C1CC(=O)N(CCCN2CCOCC2)C1. The van der Waals surface area contributed by atoms with Crippen molar-refractivity contribution in [2.45, 2.75) is 18.1 Å². The lowest BCUT2D eigenvalue weighted by Crippen LogP contribution is -2.38. The van der Waals surface area contributed by atoms with Crippen LogP contribution in [0.5, 0.6) is 0 Å². The Labute approximate surface area is 113 Å². The molecule has 0 aromatic heterocycles. The standard InChI is InChI=1S/C11H21N3O4S/c12-19(16,17)10-8-11(15)14(9-10)3-1-2-13-4-6-18-7-5-13/h10H,1-9H2,(H2,12,16,17). The number of amides is 1. The molecule has 8 heteroatoms. The lowest BCUT2D eigenvalue weighted by Gasteiger charge is -2.27. The van der Waals surface area contributed by atoms with Gasteiger partial charge in [0.1, 0.15) is 5.25 Å². The maximum atomic E-state index is 11.7. The second-order valence-electron chi connectivity index (χ2n) is 5.06. The van der Waals surface area contributed by atoms with E-state index < -0.39 is 15.3 Å². The van der Waals surface area contributed by atoms with E-state index in [0.29, 0.717) is 6.54 Å². The number of carbonyl (C=O) groups excluding carboxylic acids is 1. The molecule has 2 rings (SSSR count). The van der Waals surface area contributed by atoms with Crippen LogP contribution in [0.4, 0.5) is 0 Å². The molecule has 0 aliphatic carbocycles. The molecule has 0 aromatic carbocycles.